The molecule has 0 atom stereocenters. The maximum Gasteiger partial charge on any atom is 0.338 e. The number of amides is 1. The fourth-order valence-corrected chi connectivity index (χ4v) is 4.85. The Morgan fingerprint density at radius 2 is 1.90 bits per heavy atom. The molecule has 3 rings (SSSR count). The van der Waals surface area contributed by atoms with E-state index in [1.807, 2.05) is 0 Å². The number of nitrogens with one attached hydrogen (secondary N) is 1. The smallest absolute Gasteiger partial charge is 0.338 e. The Morgan fingerprint density at radius 3 is 2.59 bits per heavy atom. The standard InChI is InChI=1S/C21H24N2O5S/c1-3-28-21(25)17-9-10-19(15(2)13-17)22-20(24)16-7-6-8-18(14-16)23-11-4-5-12-29(23,26)27/h6-10,13-14H,3-5,11-12H2,1-2H3,(H,22,24). The summed E-state index contributed by atoms with van der Waals surface area (Å²) in [5, 5.41) is 2.82. The number of hydrogen-bond donors (Lipinski definition) is 1. The summed E-state index contributed by atoms with van der Waals surface area (Å²) in [6, 6.07) is 11.5. The first-order valence-corrected chi connectivity index (χ1v) is 11.1. The molecule has 0 saturated carbocycles. The molecule has 1 aliphatic heterocycles. The second-order valence-electron chi connectivity index (χ2n) is 6.85. The van der Waals surface area contributed by atoms with Gasteiger partial charge in [0, 0.05) is 17.8 Å². The van der Waals surface area contributed by atoms with Gasteiger partial charge in [0.1, 0.15) is 0 Å². The van der Waals surface area contributed by atoms with Crippen LogP contribution in [0.1, 0.15) is 46.0 Å². The number of aryl methyl sites for hydroxylation is 1. The number of sulfonamides is 1. The minimum absolute atomic E-state index is 0.120. The number of benzene rings is 2. The van der Waals surface area contributed by atoms with Crippen molar-refractivity contribution in [3.8, 4) is 0 Å². The van der Waals surface area contributed by atoms with Crippen LogP contribution >= 0.6 is 0 Å². The van der Waals surface area contributed by atoms with Gasteiger partial charge in [-0.3, -0.25) is 9.10 Å². The molecule has 0 radical (unpaired) electrons. The second kappa shape index (κ2) is 8.65. The number of ether oxygens (including phenoxy) is 1. The van der Waals surface area contributed by atoms with Gasteiger partial charge in [0.15, 0.2) is 0 Å². The Morgan fingerprint density at radius 1 is 1.10 bits per heavy atom. The highest BCUT2D eigenvalue weighted by atomic mass is 32.2. The van der Waals surface area contributed by atoms with Crippen molar-refractivity contribution in [1.29, 1.82) is 0 Å². The number of hydrogen-bond acceptors (Lipinski definition) is 5. The molecule has 0 aliphatic carbocycles. The van der Waals surface area contributed by atoms with E-state index in [0.29, 0.717) is 42.1 Å². The fourth-order valence-electron chi connectivity index (χ4n) is 3.22. The Labute approximate surface area is 170 Å². The third-order valence-electron chi connectivity index (χ3n) is 4.73. The summed E-state index contributed by atoms with van der Waals surface area (Å²) in [4.78, 5) is 24.5. The summed E-state index contributed by atoms with van der Waals surface area (Å²) in [6.07, 6.45) is 1.45. The predicted octanol–water partition coefficient (Wildman–Crippen LogP) is 3.35. The van der Waals surface area contributed by atoms with Gasteiger partial charge in [0.05, 0.1) is 23.6 Å². The van der Waals surface area contributed by atoms with E-state index < -0.39 is 16.0 Å². The minimum atomic E-state index is -3.34. The third kappa shape index (κ3) is 4.76. The first-order chi connectivity index (χ1) is 13.8. The molecule has 1 amide bonds. The number of esters is 1. The summed E-state index contributed by atoms with van der Waals surface area (Å²) in [7, 11) is -3.34. The van der Waals surface area contributed by atoms with E-state index >= 15 is 0 Å². The Kier molecular flexibility index (Phi) is 6.22. The van der Waals surface area contributed by atoms with Crippen molar-refractivity contribution in [3.05, 3.63) is 59.2 Å². The van der Waals surface area contributed by atoms with Crippen molar-refractivity contribution >= 4 is 33.3 Å². The zero-order chi connectivity index (χ0) is 21.0. The SMILES string of the molecule is CCOC(=O)c1ccc(NC(=O)c2cccc(N3CCCCS3(=O)=O)c2)c(C)c1. The van der Waals surface area contributed by atoms with Crippen molar-refractivity contribution in [1.82, 2.24) is 0 Å². The van der Waals surface area contributed by atoms with Gasteiger partial charge in [-0.05, 0) is 68.7 Å². The average Bonchev–Trinajstić information content (AvgIpc) is 2.69. The van der Waals surface area contributed by atoms with Crippen LogP contribution < -0.4 is 9.62 Å². The summed E-state index contributed by atoms with van der Waals surface area (Å²) in [5.41, 5.74) is 2.56. The van der Waals surface area contributed by atoms with Crippen LogP contribution in [0.15, 0.2) is 42.5 Å². The van der Waals surface area contributed by atoms with E-state index in [0.717, 1.165) is 12.0 Å². The topological polar surface area (TPSA) is 92.8 Å². The summed E-state index contributed by atoms with van der Waals surface area (Å²) in [6.45, 7) is 4.24. The van der Waals surface area contributed by atoms with Crippen LogP contribution in [-0.4, -0.2) is 39.2 Å². The van der Waals surface area contributed by atoms with Crippen molar-refractivity contribution in [3.63, 3.8) is 0 Å². The lowest BCUT2D eigenvalue weighted by molar-refractivity contribution is 0.0526. The number of anilines is 2. The zero-order valence-electron chi connectivity index (χ0n) is 16.5. The van der Waals surface area contributed by atoms with Crippen molar-refractivity contribution in [2.24, 2.45) is 0 Å². The molecule has 154 valence electrons. The summed E-state index contributed by atoms with van der Waals surface area (Å²) < 4.78 is 31.0. The summed E-state index contributed by atoms with van der Waals surface area (Å²) >= 11 is 0. The summed E-state index contributed by atoms with van der Waals surface area (Å²) in [5.74, 6) is -0.646. The predicted molar refractivity (Wildman–Crippen MR) is 112 cm³/mol. The molecule has 1 N–H and O–H groups in total. The van der Waals surface area contributed by atoms with E-state index in [-0.39, 0.29) is 11.7 Å². The monoisotopic (exact) mass is 416 g/mol. The van der Waals surface area contributed by atoms with Crippen molar-refractivity contribution in [2.75, 3.05) is 28.5 Å². The first kappa shape index (κ1) is 20.9. The molecule has 29 heavy (non-hydrogen) atoms. The van der Waals surface area contributed by atoms with E-state index in [4.69, 9.17) is 4.74 Å². The number of carbonyl (C=O) groups is 2. The Balaban J connectivity index is 1.79. The van der Waals surface area contributed by atoms with Gasteiger partial charge in [-0.2, -0.15) is 0 Å². The highest BCUT2D eigenvalue weighted by Gasteiger charge is 2.26. The van der Waals surface area contributed by atoms with Gasteiger partial charge in [-0.25, -0.2) is 13.2 Å². The van der Waals surface area contributed by atoms with E-state index in [2.05, 4.69) is 5.32 Å². The molecule has 7 nitrogen and oxygen atoms in total. The average molecular weight is 416 g/mol. The molecule has 0 spiro atoms. The quantitative estimate of drug-likeness (QED) is 0.755. The molecule has 8 heteroatoms. The van der Waals surface area contributed by atoms with Crippen LogP contribution in [0.5, 0.6) is 0 Å². The van der Waals surface area contributed by atoms with Crippen molar-refractivity contribution in [2.45, 2.75) is 26.7 Å². The molecule has 1 aliphatic rings. The Hall–Kier alpha value is -2.87. The van der Waals surface area contributed by atoms with Crippen LogP contribution in [0, 0.1) is 6.92 Å². The highest BCUT2D eigenvalue weighted by molar-refractivity contribution is 7.92. The van der Waals surface area contributed by atoms with Crippen LogP contribution in [-0.2, 0) is 14.8 Å². The van der Waals surface area contributed by atoms with Gasteiger partial charge in [0.2, 0.25) is 10.0 Å². The molecule has 1 saturated heterocycles. The van der Waals surface area contributed by atoms with Crippen LogP contribution in [0.4, 0.5) is 11.4 Å². The molecule has 2 aromatic rings. The second-order valence-corrected chi connectivity index (χ2v) is 8.86. The first-order valence-electron chi connectivity index (χ1n) is 9.51. The van der Waals surface area contributed by atoms with Gasteiger partial charge in [0.25, 0.3) is 5.91 Å². The molecule has 2 aromatic carbocycles. The largest absolute Gasteiger partial charge is 0.462 e. The lowest BCUT2D eigenvalue weighted by atomic mass is 10.1. The molecule has 0 bridgehead atoms. The maximum absolute atomic E-state index is 12.7. The molecule has 0 aromatic heterocycles. The third-order valence-corrected chi connectivity index (χ3v) is 6.60. The highest BCUT2D eigenvalue weighted by Crippen LogP contribution is 2.25. The maximum atomic E-state index is 12.7. The van der Waals surface area contributed by atoms with Gasteiger partial charge < -0.3 is 10.1 Å². The molecular formula is C21H24N2O5S. The normalized spacial score (nSPS) is 15.6. The van der Waals surface area contributed by atoms with Gasteiger partial charge in [-0.1, -0.05) is 6.07 Å². The van der Waals surface area contributed by atoms with Gasteiger partial charge >= 0.3 is 5.97 Å². The Bertz CT molecular complexity index is 1030. The molecule has 1 fully saturated rings. The van der Waals surface area contributed by atoms with E-state index in [9.17, 15) is 18.0 Å². The lowest BCUT2D eigenvalue weighted by Crippen LogP contribution is -2.37. The van der Waals surface area contributed by atoms with Gasteiger partial charge in [-0.15, -0.1) is 0 Å². The molecule has 1 heterocycles. The van der Waals surface area contributed by atoms with Crippen LogP contribution in [0.25, 0.3) is 0 Å². The molecular weight excluding hydrogens is 392 g/mol. The fraction of sp³-hybridized carbons (Fsp3) is 0.333. The molecule has 0 unspecified atom stereocenters. The lowest BCUT2D eigenvalue weighted by Gasteiger charge is -2.28. The van der Waals surface area contributed by atoms with E-state index in [1.54, 1.807) is 56.3 Å². The van der Waals surface area contributed by atoms with Crippen molar-refractivity contribution < 1.29 is 22.7 Å². The zero-order valence-corrected chi connectivity index (χ0v) is 17.3. The van der Waals surface area contributed by atoms with Crippen LogP contribution in [0.2, 0.25) is 0 Å². The van der Waals surface area contributed by atoms with E-state index in [1.165, 1.54) is 4.31 Å². The number of carbonyl (C=O) groups excluding carboxylic acids is 2. The van der Waals surface area contributed by atoms with Crippen LogP contribution in [0.3, 0.4) is 0 Å². The number of rotatable bonds is 5. The number of nitrogens with zero attached hydrogens (tertiary/aromatic N) is 1. The minimum Gasteiger partial charge on any atom is -0.462 e.